The van der Waals surface area contributed by atoms with Crippen LogP contribution in [0.5, 0.6) is 17.2 Å². The summed E-state index contributed by atoms with van der Waals surface area (Å²) >= 11 is 0. The molecule has 0 spiro atoms. The monoisotopic (exact) mass is 376 g/mol. The van der Waals surface area contributed by atoms with Crippen molar-refractivity contribution in [2.45, 2.75) is 20.3 Å². The van der Waals surface area contributed by atoms with Crippen LogP contribution in [0.15, 0.2) is 12.1 Å². The van der Waals surface area contributed by atoms with Crippen LogP contribution in [-0.4, -0.2) is 42.9 Å². The Morgan fingerprint density at radius 2 is 1.63 bits per heavy atom. The van der Waals surface area contributed by atoms with Crippen LogP contribution >= 0.6 is 0 Å². The maximum absolute atomic E-state index is 12.4. The van der Waals surface area contributed by atoms with E-state index in [0.717, 1.165) is 17.0 Å². The topological polar surface area (TPSA) is 104 Å². The van der Waals surface area contributed by atoms with E-state index in [0.29, 0.717) is 17.2 Å². The smallest absolute Gasteiger partial charge is 0.269 e. The number of benzene rings is 1. The number of hydrazine groups is 1. The van der Waals surface area contributed by atoms with E-state index in [1.54, 1.807) is 4.68 Å². The van der Waals surface area contributed by atoms with Gasteiger partial charge in [-0.2, -0.15) is 5.10 Å². The lowest BCUT2D eigenvalue weighted by atomic mass is 10.1. The molecule has 0 saturated heterocycles. The fourth-order valence-corrected chi connectivity index (χ4v) is 2.69. The van der Waals surface area contributed by atoms with Gasteiger partial charge in [0.2, 0.25) is 11.7 Å². The van der Waals surface area contributed by atoms with Gasteiger partial charge in [-0.1, -0.05) is 0 Å². The Morgan fingerprint density at radius 1 is 1.04 bits per heavy atom. The van der Waals surface area contributed by atoms with Crippen molar-refractivity contribution in [3.8, 4) is 17.2 Å². The van der Waals surface area contributed by atoms with E-state index in [9.17, 15) is 9.59 Å². The van der Waals surface area contributed by atoms with Crippen molar-refractivity contribution < 1.29 is 23.8 Å². The third kappa shape index (κ3) is 4.30. The van der Waals surface area contributed by atoms with Gasteiger partial charge in [0.25, 0.3) is 5.91 Å². The second-order valence-electron chi connectivity index (χ2n) is 5.87. The van der Waals surface area contributed by atoms with E-state index in [2.05, 4.69) is 16.0 Å². The summed E-state index contributed by atoms with van der Waals surface area (Å²) in [6.07, 6.45) is 0.112. The minimum atomic E-state index is -0.512. The Hall–Kier alpha value is -3.23. The fraction of sp³-hybridized carbons (Fsp3) is 0.389. The number of hydrogen-bond acceptors (Lipinski definition) is 6. The van der Waals surface area contributed by atoms with Crippen LogP contribution < -0.4 is 25.1 Å². The number of carbonyl (C=O) groups is 2. The van der Waals surface area contributed by atoms with Gasteiger partial charge in [-0.05, 0) is 26.0 Å². The molecule has 9 nitrogen and oxygen atoms in total. The lowest BCUT2D eigenvalue weighted by molar-refractivity contribution is -0.121. The standard InChI is InChI=1S/C18H24N4O5/c1-10-13(11(2)22(3)21-10)9-16(23)19-20-18(24)12-7-14(25-4)17(27-6)15(8-12)26-5/h7-8H,9H2,1-6H3,(H,19,23)(H,20,24). The molecule has 0 aliphatic heterocycles. The zero-order valence-corrected chi connectivity index (χ0v) is 16.3. The molecule has 27 heavy (non-hydrogen) atoms. The zero-order chi connectivity index (χ0) is 20.1. The van der Waals surface area contributed by atoms with Gasteiger partial charge in [-0.3, -0.25) is 25.1 Å². The number of nitrogens with one attached hydrogen (secondary N) is 2. The molecule has 2 N–H and O–H groups in total. The largest absolute Gasteiger partial charge is 0.493 e. The van der Waals surface area contributed by atoms with Crippen molar-refractivity contribution in [2.24, 2.45) is 7.05 Å². The Bertz CT molecular complexity index is 835. The number of amides is 2. The first-order valence-electron chi connectivity index (χ1n) is 8.20. The zero-order valence-electron chi connectivity index (χ0n) is 16.3. The third-order valence-corrected chi connectivity index (χ3v) is 4.24. The van der Waals surface area contributed by atoms with E-state index in [4.69, 9.17) is 14.2 Å². The number of hydrogen-bond donors (Lipinski definition) is 2. The highest BCUT2D eigenvalue weighted by atomic mass is 16.5. The molecule has 2 rings (SSSR count). The first kappa shape index (κ1) is 20.1. The van der Waals surface area contributed by atoms with E-state index in [1.165, 1.54) is 33.5 Å². The molecule has 0 saturated carbocycles. The molecule has 0 radical (unpaired) electrons. The van der Waals surface area contributed by atoms with Crippen molar-refractivity contribution in [2.75, 3.05) is 21.3 Å². The predicted octanol–water partition coefficient (Wildman–Crippen LogP) is 1.07. The van der Waals surface area contributed by atoms with Crippen LogP contribution in [0.4, 0.5) is 0 Å². The van der Waals surface area contributed by atoms with Gasteiger partial charge >= 0.3 is 0 Å². The molecule has 2 aromatic rings. The second-order valence-corrected chi connectivity index (χ2v) is 5.87. The van der Waals surface area contributed by atoms with Crippen LogP contribution in [0, 0.1) is 13.8 Å². The summed E-state index contributed by atoms with van der Waals surface area (Å²) in [5.41, 5.74) is 7.55. The summed E-state index contributed by atoms with van der Waals surface area (Å²) < 4.78 is 17.4. The molecular formula is C18H24N4O5. The summed E-state index contributed by atoms with van der Waals surface area (Å²) in [5.74, 6) is 0.199. The summed E-state index contributed by atoms with van der Waals surface area (Å²) in [6.45, 7) is 3.72. The normalized spacial score (nSPS) is 10.3. The van der Waals surface area contributed by atoms with Crippen LogP contribution in [-0.2, 0) is 18.3 Å². The van der Waals surface area contributed by atoms with Crippen LogP contribution in [0.2, 0.25) is 0 Å². The average Bonchev–Trinajstić information content (AvgIpc) is 2.90. The second kappa shape index (κ2) is 8.43. The number of aromatic nitrogens is 2. The quantitative estimate of drug-likeness (QED) is 0.731. The number of ether oxygens (including phenoxy) is 3. The molecule has 2 amide bonds. The molecule has 0 aliphatic rings. The summed E-state index contributed by atoms with van der Waals surface area (Å²) in [4.78, 5) is 24.6. The van der Waals surface area contributed by atoms with E-state index in [-0.39, 0.29) is 17.9 Å². The SMILES string of the molecule is COc1cc(C(=O)NNC(=O)Cc2c(C)nn(C)c2C)cc(OC)c1OC. The van der Waals surface area contributed by atoms with E-state index in [1.807, 2.05) is 20.9 Å². The molecule has 1 heterocycles. The van der Waals surface area contributed by atoms with Crippen molar-refractivity contribution in [1.29, 1.82) is 0 Å². The van der Waals surface area contributed by atoms with Gasteiger partial charge in [0.05, 0.1) is 33.4 Å². The number of rotatable bonds is 6. The molecule has 0 unspecified atom stereocenters. The lowest BCUT2D eigenvalue weighted by Gasteiger charge is -2.14. The van der Waals surface area contributed by atoms with Crippen LogP contribution in [0.1, 0.15) is 27.3 Å². The highest BCUT2D eigenvalue weighted by Crippen LogP contribution is 2.38. The Kier molecular flexibility index (Phi) is 6.27. The van der Waals surface area contributed by atoms with Crippen LogP contribution in [0.25, 0.3) is 0 Å². The molecule has 9 heteroatoms. The Labute approximate surface area is 157 Å². The fourth-order valence-electron chi connectivity index (χ4n) is 2.69. The highest BCUT2D eigenvalue weighted by molar-refractivity contribution is 5.96. The third-order valence-electron chi connectivity index (χ3n) is 4.24. The summed E-state index contributed by atoms with van der Waals surface area (Å²) in [6, 6.07) is 3.00. The molecular weight excluding hydrogens is 352 g/mol. The molecule has 0 bridgehead atoms. The summed E-state index contributed by atoms with van der Waals surface area (Å²) in [7, 11) is 6.21. The van der Waals surface area contributed by atoms with Crippen molar-refractivity contribution >= 4 is 11.8 Å². The van der Waals surface area contributed by atoms with E-state index >= 15 is 0 Å². The maximum Gasteiger partial charge on any atom is 0.269 e. The number of aryl methyl sites for hydroxylation is 2. The molecule has 0 aliphatic carbocycles. The molecule has 1 aromatic carbocycles. The van der Waals surface area contributed by atoms with Crippen molar-refractivity contribution in [3.63, 3.8) is 0 Å². The highest BCUT2D eigenvalue weighted by Gasteiger charge is 2.18. The number of methoxy groups -OCH3 is 3. The minimum Gasteiger partial charge on any atom is -0.493 e. The van der Waals surface area contributed by atoms with Crippen LogP contribution in [0.3, 0.4) is 0 Å². The average molecular weight is 376 g/mol. The molecule has 0 fully saturated rings. The Balaban J connectivity index is 2.08. The van der Waals surface area contributed by atoms with Gasteiger partial charge in [0.1, 0.15) is 0 Å². The predicted molar refractivity (Wildman–Crippen MR) is 98.1 cm³/mol. The van der Waals surface area contributed by atoms with Gasteiger partial charge in [-0.25, -0.2) is 0 Å². The van der Waals surface area contributed by atoms with Gasteiger partial charge in [0.15, 0.2) is 11.5 Å². The van der Waals surface area contributed by atoms with E-state index < -0.39 is 5.91 Å². The van der Waals surface area contributed by atoms with Gasteiger partial charge < -0.3 is 14.2 Å². The first-order chi connectivity index (χ1) is 12.8. The van der Waals surface area contributed by atoms with Crippen molar-refractivity contribution in [1.82, 2.24) is 20.6 Å². The maximum atomic E-state index is 12.4. The summed E-state index contributed by atoms with van der Waals surface area (Å²) in [5, 5.41) is 4.27. The first-order valence-corrected chi connectivity index (χ1v) is 8.20. The van der Waals surface area contributed by atoms with Gasteiger partial charge in [-0.15, -0.1) is 0 Å². The number of nitrogens with zero attached hydrogens (tertiary/aromatic N) is 2. The molecule has 1 aromatic heterocycles. The number of carbonyl (C=O) groups excluding carboxylic acids is 2. The van der Waals surface area contributed by atoms with Gasteiger partial charge in [0, 0.05) is 23.9 Å². The lowest BCUT2D eigenvalue weighted by Crippen LogP contribution is -2.42. The minimum absolute atomic E-state index is 0.112. The molecule has 0 atom stereocenters. The van der Waals surface area contributed by atoms with Crippen molar-refractivity contribution in [3.05, 3.63) is 34.6 Å². The Morgan fingerprint density at radius 3 is 2.07 bits per heavy atom. The molecule has 146 valence electrons.